The van der Waals surface area contributed by atoms with Gasteiger partial charge in [0.2, 0.25) is 5.82 Å². The van der Waals surface area contributed by atoms with Gasteiger partial charge in [0.1, 0.15) is 11.9 Å². The van der Waals surface area contributed by atoms with E-state index in [1.165, 1.54) is 0 Å². The van der Waals surface area contributed by atoms with Gasteiger partial charge in [0.05, 0.1) is 10.8 Å². The summed E-state index contributed by atoms with van der Waals surface area (Å²) in [7, 11) is 0. The quantitative estimate of drug-likeness (QED) is 0.643. The van der Waals surface area contributed by atoms with Gasteiger partial charge in [-0.15, -0.1) is 11.6 Å². The molecule has 0 spiro atoms. The fraction of sp³-hybridized carbons (Fsp3) is 0.176. The van der Waals surface area contributed by atoms with Gasteiger partial charge in [-0.1, -0.05) is 51.8 Å². The predicted molar refractivity (Wildman–Crippen MR) is 97.8 cm³/mol. The third-order valence-electron chi connectivity index (χ3n) is 3.64. The lowest BCUT2D eigenvalue weighted by Crippen LogP contribution is -2.27. The van der Waals surface area contributed by atoms with Gasteiger partial charge < -0.3 is 0 Å². The molecule has 0 fully saturated rings. The van der Waals surface area contributed by atoms with E-state index in [2.05, 4.69) is 30.9 Å². The highest BCUT2D eigenvalue weighted by molar-refractivity contribution is 9.10. The van der Waals surface area contributed by atoms with Crippen LogP contribution < -0.4 is 0 Å². The Bertz CT molecular complexity index is 882. The predicted octanol–water partition coefficient (Wildman–Crippen LogP) is 4.95. The van der Waals surface area contributed by atoms with Crippen molar-refractivity contribution < 1.29 is 0 Å². The second-order valence-corrected chi connectivity index (χ2v) is 7.64. The minimum absolute atomic E-state index is 0.0458. The van der Waals surface area contributed by atoms with Crippen LogP contribution in [0.5, 0.6) is 0 Å². The number of alkyl halides is 1. The third kappa shape index (κ3) is 3.51. The summed E-state index contributed by atoms with van der Waals surface area (Å²) in [5.41, 5.74) is 0.788. The molecule has 0 amide bonds. The minimum Gasteiger partial charge on any atom is -0.212 e. The van der Waals surface area contributed by atoms with Crippen molar-refractivity contribution in [2.24, 2.45) is 0 Å². The van der Waals surface area contributed by atoms with E-state index < -0.39 is 4.87 Å². The van der Waals surface area contributed by atoms with Crippen LogP contribution in [0.25, 0.3) is 11.4 Å². The van der Waals surface area contributed by atoms with Crippen LogP contribution in [0.3, 0.4) is 0 Å². The number of halogens is 3. The summed E-state index contributed by atoms with van der Waals surface area (Å²) in [5.74, 6) is 0.528. The molecule has 1 aliphatic carbocycles. The van der Waals surface area contributed by atoms with Gasteiger partial charge in [-0.05, 0) is 25.1 Å². The highest BCUT2D eigenvalue weighted by atomic mass is 79.9. The molecule has 0 saturated carbocycles. The lowest BCUT2D eigenvalue weighted by atomic mass is 9.88. The molecule has 1 aromatic heterocycles. The number of nitrogens with zero attached hydrogens (tertiary/aromatic N) is 4. The average molecular weight is 422 g/mol. The summed E-state index contributed by atoms with van der Waals surface area (Å²) in [4.78, 5) is 12.2. The standard InChI is InChI=1S/C17H11BrCl2N4/c1-17(20)7-6-12(19)8-13(17)16-23-14(9-21)22-15(24-16)10-2-4-11(18)5-3-10/h2-8,13H,1H3. The lowest BCUT2D eigenvalue weighted by molar-refractivity contribution is 0.631. The summed E-state index contributed by atoms with van der Waals surface area (Å²) in [6.07, 6.45) is 5.33. The molecule has 3 rings (SSSR count). The largest absolute Gasteiger partial charge is 0.236 e. The monoisotopic (exact) mass is 420 g/mol. The third-order valence-corrected chi connectivity index (χ3v) is 4.78. The van der Waals surface area contributed by atoms with E-state index in [0.29, 0.717) is 16.7 Å². The molecule has 0 aliphatic heterocycles. The SMILES string of the molecule is CC1(Cl)C=CC(Cl)=CC1c1nc(C#N)nc(-c2ccc(Br)cc2)n1. The Labute approximate surface area is 158 Å². The normalized spacial score (nSPS) is 22.8. The lowest BCUT2D eigenvalue weighted by Gasteiger charge is -2.28. The number of aromatic nitrogens is 3. The fourth-order valence-electron chi connectivity index (χ4n) is 2.36. The molecule has 4 nitrogen and oxygen atoms in total. The minimum atomic E-state index is -0.733. The highest BCUT2D eigenvalue weighted by Crippen LogP contribution is 2.39. The van der Waals surface area contributed by atoms with Crippen LogP contribution in [0.1, 0.15) is 24.5 Å². The maximum atomic E-state index is 9.26. The van der Waals surface area contributed by atoms with E-state index in [0.717, 1.165) is 10.0 Å². The van der Waals surface area contributed by atoms with E-state index in [1.807, 2.05) is 37.3 Å². The maximum Gasteiger partial charge on any atom is 0.236 e. The van der Waals surface area contributed by atoms with Crippen molar-refractivity contribution in [3.05, 3.63) is 63.6 Å². The summed E-state index contributed by atoms with van der Waals surface area (Å²) in [6.45, 7) is 1.85. The van der Waals surface area contributed by atoms with E-state index in [9.17, 15) is 5.26 Å². The Hall–Kier alpha value is -1.74. The van der Waals surface area contributed by atoms with Gasteiger partial charge in [-0.25, -0.2) is 9.97 Å². The number of rotatable bonds is 2. The average Bonchev–Trinajstić information content (AvgIpc) is 2.57. The Balaban J connectivity index is 2.12. The second kappa shape index (κ2) is 6.64. The Morgan fingerprint density at radius 1 is 1.21 bits per heavy atom. The molecule has 7 heteroatoms. The molecule has 24 heavy (non-hydrogen) atoms. The highest BCUT2D eigenvalue weighted by Gasteiger charge is 2.34. The van der Waals surface area contributed by atoms with Crippen LogP contribution >= 0.6 is 39.1 Å². The molecule has 0 bridgehead atoms. The summed E-state index contributed by atoms with van der Waals surface area (Å²) < 4.78 is 0.946. The molecule has 2 unspecified atom stereocenters. The number of hydrogen-bond acceptors (Lipinski definition) is 4. The molecule has 0 saturated heterocycles. The number of benzene rings is 1. The molecule has 2 aromatic rings. The summed E-state index contributed by atoms with van der Waals surface area (Å²) in [5, 5.41) is 9.82. The first-order valence-electron chi connectivity index (χ1n) is 7.06. The maximum absolute atomic E-state index is 9.26. The number of allylic oxidation sites excluding steroid dienone is 4. The van der Waals surface area contributed by atoms with Gasteiger partial charge in [0.25, 0.3) is 0 Å². The van der Waals surface area contributed by atoms with Crippen LogP contribution in [0, 0.1) is 11.3 Å². The van der Waals surface area contributed by atoms with Crippen molar-refractivity contribution in [1.29, 1.82) is 5.26 Å². The molecule has 0 N–H and O–H groups in total. The van der Waals surface area contributed by atoms with Gasteiger partial charge in [-0.3, -0.25) is 0 Å². The van der Waals surface area contributed by atoms with Gasteiger partial charge in [0.15, 0.2) is 5.82 Å². The van der Waals surface area contributed by atoms with Crippen LogP contribution in [-0.4, -0.2) is 19.8 Å². The topological polar surface area (TPSA) is 62.5 Å². The van der Waals surface area contributed by atoms with Crippen LogP contribution in [-0.2, 0) is 0 Å². The Morgan fingerprint density at radius 3 is 2.58 bits per heavy atom. The zero-order valence-corrected chi connectivity index (χ0v) is 15.6. The molecule has 1 aromatic carbocycles. The Morgan fingerprint density at radius 2 is 1.92 bits per heavy atom. The molecular formula is C17H11BrCl2N4. The molecule has 0 radical (unpaired) electrons. The van der Waals surface area contributed by atoms with E-state index in [1.54, 1.807) is 18.2 Å². The van der Waals surface area contributed by atoms with Crippen LogP contribution in [0.2, 0.25) is 0 Å². The zero-order valence-electron chi connectivity index (χ0n) is 12.5. The summed E-state index contributed by atoms with van der Waals surface area (Å²) in [6, 6.07) is 9.49. The van der Waals surface area contributed by atoms with Gasteiger partial charge in [0, 0.05) is 15.1 Å². The van der Waals surface area contributed by atoms with Gasteiger partial charge in [-0.2, -0.15) is 10.2 Å². The fourth-order valence-corrected chi connectivity index (χ4v) is 3.04. The van der Waals surface area contributed by atoms with Crippen molar-refractivity contribution in [1.82, 2.24) is 15.0 Å². The molecule has 1 aliphatic rings. The van der Waals surface area contributed by atoms with Crippen LogP contribution in [0.15, 0.2) is 52.0 Å². The van der Waals surface area contributed by atoms with Gasteiger partial charge >= 0.3 is 0 Å². The molecule has 2 atom stereocenters. The zero-order chi connectivity index (χ0) is 17.3. The molecule has 1 heterocycles. The van der Waals surface area contributed by atoms with E-state index in [4.69, 9.17) is 23.2 Å². The van der Waals surface area contributed by atoms with Crippen LogP contribution in [0.4, 0.5) is 0 Å². The van der Waals surface area contributed by atoms with Crippen molar-refractivity contribution in [3.8, 4) is 17.5 Å². The molecular weight excluding hydrogens is 411 g/mol. The van der Waals surface area contributed by atoms with Crippen molar-refractivity contribution in [2.75, 3.05) is 0 Å². The first kappa shape index (κ1) is 17.1. The first-order chi connectivity index (χ1) is 11.4. The van der Waals surface area contributed by atoms with Crippen molar-refractivity contribution in [2.45, 2.75) is 17.7 Å². The first-order valence-corrected chi connectivity index (χ1v) is 8.61. The smallest absolute Gasteiger partial charge is 0.212 e. The van der Waals surface area contributed by atoms with Crippen molar-refractivity contribution in [3.63, 3.8) is 0 Å². The van der Waals surface area contributed by atoms with E-state index in [-0.39, 0.29) is 11.7 Å². The second-order valence-electron chi connectivity index (χ2n) is 5.47. The van der Waals surface area contributed by atoms with E-state index >= 15 is 0 Å². The number of nitriles is 1. The van der Waals surface area contributed by atoms with Crippen molar-refractivity contribution >= 4 is 39.1 Å². The molecule has 120 valence electrons. The number of hydrogen-bond donors (Lipinski definition) is 0. The Kier molecular flexibility index (Phi) is 4.73. The summed E-state index contributed by atoms with van der Waals surface area (Å²) >= 11 is 16.1.